The van der Waals surface area contributed by atoms with Crippen molar-refractivity contribution in [2.45, 2.75) is 19.9 Å². The molecule has 0 bridgehead atoms. The van der Waals surface area contributed by atoms with Crippen LogP contribution in [0.1, 0.15) is 18.2 Å². The van der Waals surface area contributed by atoms with Crippen molar-refractivity contribution in [2.24, 2.45) is 0 Å². The largest absolute Gasteiger partial charge is 0.338 e. The Morgan fingerprint density at radius 3 is 2.42 bits per heavy atom. The molecule has 1 fully saturated rings. The number of anilines is 1. The van der Waals surface area contributed by atoms with Crippen LogP contribution in [0, 0.1) is 0 Å². The smallest absolute Gasteiger partial charge is 0.225 e. The van der Waals surface area contributed by atoms with Gasteiger partial charge in [-0.05, 0) is 18.1 Å². The molecular weight excluding hydrogens is 342 g/mol. The first kappa shape index (κ1) is 17.1. The zero-order chi connectivity index (χ0) is 17.8. The van der Waals surface area contributed by atoms with Crippen LogP contribution in [0.2, 0.25) is 0 Å². The molecule has 0 radical (unpaired) electrons. The number of hydrogen-bond donors (Lipinski definition) is 0. The Bertz CT molecular complexity index is 823. The van der Waals surface area contributed by atoms with Crippen molar-refractivity contribution in [2.75, 3.05) is 31.1 Å². The molecule has 3 aromatic rings. The maximum Gasteiger partial charge on any atom is 0.225 e. The first-order valence-corrected chi connectivity index (χ1v) is 9.98. The first-order valence-electron chi connectivity index (χ1n) is 9.10. The number of rotatable bonds is 5. The lowest BCUT2D eigenvalue weighted by atomic mass is 10.1. The lowest BCUT2D eigenvalue weighted by molar-refractivity contribution is 0.246. The van der Waals surface area contributed by atoms with Gasteiger partial charge in [-0.2, -0.15) is 0 Å². The number of piperazine rings is 1. The summed E-state index contributed by atoms with van der Waals surface area (Å²) in [6.07, 6.45) is 4.68. The lowest BCUT2D eigenvalue weighted by Crippen LogP contribution is -2.46. The molecule has 134 valence electrons. The molecule has 4 rings (SSSR count). The molecule has 0 amide bonds. The van der Waals surface area contributed by atoms with Gasteiger partial charge in [-0.25, -0.2) is 15.0 Å². The molecule has 6 heteroatoms. The average Bonchev–Trinajstić information content (AvgIpc) is 3.18. The number of hydrogen-bond acceptors (Lipinski definition) is 6. The zero-order valence-corrected chi connectivity index (χ0v) is 15.8. The first-order chi connectivity index (χ1) is 12.8. The van der Waals surface area contributed by atoms with E-state index in [0.29, 0.717) is 0 Å². The van der Waals surface area contributed by atoms with E-state index in [2.05, 4.69) is 56.3 Å². The van der Waals surface area contributed by atoms with Crippen molar-refractivity contribution in [1.82, 2.24) is 19.9 Å². The summed E-state index contributed by atoms with van der Waals surface area (Å²) in [4.78, 5) is 18.2. The number of benzene rings is 1. The van der Waals surface area contributed by atoms with Crippen LogP contribution in [-0.2, 0) is 13.0 Å². The molecule has 0 unspecified atom stereocenters. The van der Waals surface area contributed by atoms with Gasteiger partial charge in [0.15, 0.2) is 0 Å². The van der Waals surface area contributed by atoms with Gasteiger partial charge in [-0.1, -0.05) is 31.2 Å². The van der Waals surface area contributed by atoms with E-state index in [4.69, 9.17) is 4.98 Å². The third kappa shape index (κ3) is 3.92. The van der Waals surface area contributed by atoms with Crippen LogP contribution in [0.15, 0.2) is 48.1 Å². The monoisotopic (exact) mass is 365 g/mol. The molecule has 0 N–H and O–H groups in total. The Morgan fingerprint density at radius 1 is 1.00 bits per heavy atom. The van der Waals surface area contributed by atoms with E-state index in [9.17, 15) is 0 Å². The average molecular weight is 366 g/mol. The van der Waals surface area contributed by atoms with E-state index in [1.165, 1.54) is 11.1 Å². The highest BCUT2D eigenvalue weighted by Crippen LogP contribution is 2.25. The highest BCUT2D eigenvalue weighted by Gasteiger charge is 2.19. The van der Waals surface area contributed by atoms with Crippen molar-refractivity contribution in [3.8, 4) is 10.6 Å². The SMILES string of the molecule is CCc1ccc(-c2nc(CN3CCN(c4ncccn4)CC3)cs2)cc1. The second kappa shape index (κ2) is 7.93. The molecule has 1 saturated heterocycles. The van der Waals surface area contributed by atoms with E-state index in [-0.39, 0.29) is 0 Å². The van der Waals surface area contributed by atoms with Crippen LogP contribution in [0.25, 0.3) is 10.6 Å². The van der Waals surface area contributed by atoms with Gasteiger partial charge in [0.05, 0.1) is 5.69 Å². The van der Waals surface area contributed by atoms with Gasteiger partial charge in [0, 0.05) is 56.1 Å². The fourth-order valence-electron chi connectivity index (χ4n) is 3.18. The van der Waals surface area contributed by atoms with Crippen molar-refractivity contribution >= 4 is 17.3 Å². The van der Waals surface area contributed by atoms with Crippen LogP contribution in [0.3, 0.4) is 0 Å². The van der Waals surface area contributed by atoms with Crippen molar-refractivity contribution in [3.63, 3.8) is 0 Å². The Morgan fingerprint density at radius 2 is 1.73 bits per heavy atom. The predicted octanol–water partition coefficient (Wildman–Crippen LogP) is 3.48. The molecule has 1 aliphatic heterocycles. The maximum atomic E-state index is 4.85. The molecular formula is C20H23N5S. The van der Waals surface area contributed by atoms with E-state index in [0.717, 1.165) is 55.8 Å². The predicted molar refractivity (Wildman–Crippen MR) is 106 cm³/mol. The zero-order valence-electron chi connectivity index (χ0n) is 15.0. The fourth-order valence-corrected chi connectivity index (χ4v) is 4.00. The summed E-state index contributed by atoms with van der Waals surface area (Å²) in [6.45, 7) is 7.03. The number of aromatic nitrogens is 3. The van der Waals surface area contributed by atoms with Gasteiger partial charge in [0.1, 0.15) is 5.01 Å². The minimum absolute atomic E-state index is 0.832. The van der Waals surface area contributed by atoms with Gasteiger partial charge in [0.2, 0.25) is 5.95 Å². The molecule has 0 saturated carbocycles. The van der Waals surface area contributed by atoms with Gasteiger partial charge < -0.3 is 4.90 Å². The minimum Gasteiger partial charge on any atom is -0.338 e. The number of aryl methyl sites for hydroxylation is 1. The number of nitrogens with zero attached hydrogens (tertiary/aromatic N) is 5. The highest BCUT2D eigenvalue weighted by atomic mass is 32.1. The van der Waals surface area contributed by atoms with Gasteiger partial charge in [0.25, 0.3) is 0 Å². The van der Waals surface area contributed by atoms with E-state index < -0.39 is 0 Å². The Labute approximate surface area is 158 Å². The molecule has 0 aliphatic carbocycles. The second-order valence-electron chi connectivity index (χ2n) is 6.51. The quantitative estimate of drug-likeness (QED) is 0.693. The summed E-state index contributed by atoms with van der Waals surface area (Å²) >= 11 is 1.73. The summed E-state index contributed by atoms with van der Waals surface area (Å²) in [5, 5.41) is 3.30. The van der Waals surface area contributed by atoms with E-state index in [1.54, 1.807) is 23.7 Å². The van der Waals surface area contributed by atoms with Gasteiger partial charge in [-0.15, -0.1) is 11.3 Å². The molecule has 1 aromatic carbocycles. The Hall–Kier alpha value is -2.31. The Balaban J connectivity index is 1.35. The van der Waals surface area contributed by atoms with E-state index in [1.807, 2.05) is 6.07 Å². The molecule has 1 aliphatic rings. The summed E-state index contributed by atoms with van der Waals surface area (Å²) in [5.41, 5.74) is 3.74. The number of thiazole rings is 1. The topological polar surface area (TPSA) is 45.2 Å². The molecule has 2 aromatic heterocycles. The normalized spacial score (nSPS) is 15.3. The second-order valence-corrected chi connectivity index (χ2v) is 7.36. The molecule has 5 nitrogen and oxygen atoms in total. The minimum atomic E-state index is 0.832. The van der Waals surface area contributed by atoms with E-state index >= 15 is 0 Å². The van der Waals surface area contributed by atoms with Crippen LogP contribution in [-0.4, -0.2) is 46.0 Å². The molecule has 3 heterocycles. The summed E-state index contributed by atoms with van der Waals surface area (Å²) in [7, 11) is 0. The fraction of sp³-hybridized carbons (Fsp3) is 0.350. The highest BCUT2D eigenvalue weighted by molar-refractivity contribution is 7.13. The van der Waals surface area contributed by atoms with Crippen molar-refractivity contribution in [1.29, 1.82) is 0 Å². The summed E-state index contributed by atoms with van der Waals surface area (Å²) in [6, 6.07) is 10.6. The maximum absolute atomic E-state index is 4.85. The van der Waals surface area contributed by atoms with Crippen LogP contribution in [0.5, 0.6) is 0 Å². The molecule has 0 spiro atoms. The van der Waals surface area contributed by atoms with Gasteiger partial charge >= 0.3 is 0 Å². The van der Waals surface area contributed by atoms with Crippen molar-refractivity contribution < 1.29 is 0 Å². The standard InChI is InChI=1S/C20H23N5S/c1-2-16-4-6-17(7-5-16)19-23-18(15-26-19)14-24-10-12-25(13-11-24)20-21-8-3-9-22-20/h3-9,15H,2,10-14H2,1H3. The van der Waals surface area contributed by atoms with Crippen LogP contribution < -0.4 is 4.90 Å². The third-order valence-electron chi connectivity index (χ3n) is 4.75. The summed E-state index contributed by atoms with van der Waals surface area (Å²) in [5.74, 6) is 0.832. The molecule has 26 heavy (non-hydrogen) atoms. The summed E-state index contributed by atoms with van der Waals surface area (Å²) < 4.78 is 0. The Kier molecular flexibility index (Phi) is 5.22. The van der Waals surface area contributed by atoms with Crippen LogP contribution >= 0.6 is 11.3 Å². The lowest BCUT2D eigenvalue weighted by Gasteiger charge is -2.34. The third-order valence-corrected chi connectivity index (χ3v) is 5.69. The van der Waals surface area contributed by atoms with Gasteiger partial charge in [-0.3, -0.25) is 4.90 Å². The molecule has 0 atom stereocenters. The van der Waals surface area contributed by atoms with Crippen LogP contribution in [0.4, 0.5) is 5.95 Å². The van der Waals surface area contributed by atoms with Crippen molar-refractivity contribution in [3.05, 3.63) is 59.4 Å².